The number of para-hydroxylation sites is 1. The van der Waals surface area contributed by atoms with Gasteiger partial charge in [0.2, 0.25) is 5.88 Å². The maximum atomic E-state index is 13.1. The van der Waals surface area contributed by atoms with Crippen LogP contribution in [0.1, 0.15) is 35.9 Å². The van der Waals surface area contributed by atoms with Crippen LogP contribution >= 0.6 is 11.6 Å². The normalized spacial score (nSPS) is 12.4. The van der Waals surface area contributed by atoms with Gasteiger partial charge in [-0.25, -0.2) is 4.79 Å². The molecular weight excluding hydrogens is 456 g/mol. The molecule has 0 aliphatic carbocycles. The molecule has 0 radical (unpaired) electrons. The number of aromatic hydroxyl groups is 1. The second kappa shape index (κ2) is 9.52. The van der Waals surface area contributed by atoms with E-state index in [1.807, 2.05) is 18.2 Å². The van der Waals surface area contributed by atoms with E-state index in [4.69, 9.17) is 16.3 Å². The first kappa shape index (κ1) is 23.3. The van der Waals surface area contributed by atoms with E-state index < -0.39 is 17.9 Å². The standard InChI is InChI=1S/C25H23ClN4O4/c1-4-34-25(33)19-13-21(16-9-11-17(26)12-10-16)30(14(19)2)15(3)23(31)29-28-22-18-7-5-6-8-20(18)27-24(22)32/h5-13,15,27,32H,4H2,1-3H3. The quantitative estimate of drug-likeness (QED) is 0.248. The van der Waals surface area contributed by atoms with Gasteiger partial charge in [-0.1, -0.05) is 41.9 Å². The fraction of sp³-hybridized carbons (Fsp3) is 0.200. The molecule has 0 aliphatic rings. The van der Waals surface area contributed by atoms with Crippen LogP contribution in [0.5, 0.6) is 5.88 Å². The number of rotatable bonds is 6. The van der Waals surface area contributed by atoms with Gasteiger partial charge in [-0.15, -0.1) is 10.2 Å². The van der Waals surface area contributed by atoms with Crippen LogP contribution in [0.3, 0.4) is 0 Å². The van der Waals surface area contributed by atoms with Gasteiger partial charge in [0.05, 0.1) is 17.7 Å². The van der Waals surface area contributed by atoms with Crippen molar-refractivity contribution in [3.63, 3.8) is 0 Å². The van der Waals surface area contributed by atoms with E-state index in [-0.39, 0.29) is 18.2 Å². The Bertz CT molecular complexity index is 1400. The average molecular weight is 479 g/mol. The van der Waals surface area contributed by atoms with Crippen molar-refractivity contribution in [2.45, 2.75) is 26.8 Å². The second-order valence-corrected chi connectivity index (χ2v) is 8.14. The van der Waals surface area contributed by atoms with E-state index in [2.05, 4.69) is 15.2 Å². The van der Waals surface area contributed by atoms with Crippen LogP contribution in [0.4, 0.5) is 5.69 Å². The Morgan fingerprint density at radius 3 is 2.59 bits per heavy atom. The molecule has 2 N–H and O–H groups in total. The number of nitrogens with one attached hydrogen (secondary N) is 1. The van der Waals surface area contributed by atoms with Gasteiger partial charge in [0.15, 0.2) is 5.69 Å². The van der Waals surface area contributed by atoms with E-state index in [1.165, 1.54) is 0 Å². The van der Waals surface area contributed by atoms with E-state index in [9.17, 15) is 14.7 Å². The zero-order valence-electron chi connectivity index (χ0n) is 18.9. The van der Waals surface area contributed by atoms with E-state index in [0.29, 0.717) is 32.9 Å². The van der Waals surface area contributed by atoms with Crippen LogP contribution in [-0.2, 0) is 9.53 Å². The van der Waals surface area contributed by atoms with Crippen LogP contribution in [0.25, 0.3) is 22.2 Å². The van der Waals surface area contributed by atoms with E-state index in [0.717, 1.165) is 5.56 Å². The van der Waals surface area contributed by atoms with Gasteiger partial charge in [0.1, 0.15) is 6.04 Å². The summed E-state index contributed by atoms with van der Waals surface area (Å²) in [6.45, 7) is 5.39. The zero-order chi connectivity index (χ0) is 24.4. The summed E-state index contributed by atoms with van der Waals surface area (Å²) in [6.07, 6.45) is 0. The summed E-state index contributed by atoms with van der Waals surface area (Å²) in [5.41, 5.74) is 3.20. The summed E-state index contributed by atoms with van der Waals surface area (Å²) < 4.78 is 6.92. The molecule has 1 amide bonds. The molecule has 4 rings (SSSR count). The third-order valence-electron chi connectivity index (χ3n) is 5.58. The lowest BCUT2D eigenvalue weighted by molar-refractivity contribution is -0.121. The number of ether oxygens (including phenoxy) is 1. The van der Waals surface area contributed by atoms with Crippen LogP contribution < -0.4 is 0 Å². The number of azo groups is 1. The van der Waals surface area contributed by atoms with Crippen LogP contribution in [-0.4, -0.2) is 33.1 Å². The third-order valence-corrected chi connectivity index (χ3v) is 5.83. The van der Waals surface area contributed by atoms with Crippen molar-refractivity contribution in [2.75, 3.05) is 6.61 Å². The molecular formula is C25H23ClN4O4. The zero-order valence-corrected chi connectivity index (χ0v) is 19.6. The molecule has 174 valence electrons. The molecule has 0 saturated heterocycles. The molecule has 9 heteroatoms. The molecule has 8 nitrogen and oxygen atoms in total. The second-order valence-electron chi connectivity index (χ2n) is 7.71. The highest BCUT2D eigenvalue weighted by atomic mass is 35.5. The lowest BCUT2D eigenvalue weighted by Gasteiger charge is -2.17. The molecule has 1 atom stereocenters. The van der Waals surface area contributed by atoms with Crippen LogP contribution in [0.15, 0.2) is 64.8 Å². The SMILES string of the molecule is CCOC(=O)c1cc(-c2ccc(Cl)cc2)n(C(C)C(=O)N=Nc2c(O)[nH]c3ccccc23)c1C. The molecule has 1 unspecified atom stereocenters. The number of halogens is 1. The number of hydrogen-bond acceptors (Lipinski definition) is 5. The topological polar surface area (TPSA) is 109 Å². The van der Waals surface area contributed by atoms with Gasteiger partial charge in [-0.3, -0.25) is 4.79 Å². The molecule has 4 aromatic rings. The molecule has 2 heterocycles. The summed E-state index contributed by atoms with van der Waals surface area (Å²) in [7, 11) is 0. The molecule has 2 aromatic carbocycles. The van der Waals surface area contributed by atoms with Gasteiger partial charge in [0.25, 0.3) is 5.91 Å². The Labute approximate surface area is 200 Å². The number of fused-ring (bicyclic) bond motifs is 1. The number of nitrogens with zero attached hydrogens (tertiary/aromatic N) is 3. The largest absolute Gasteiger partial charge is 0.493 e. The molecule has 0 bridgehead atoms. The van der Waals surface area contributed by atoms with Crippen molar-refractivity contribution in [2.24, 2.45) is 10.2 Å². The predicted octanol–water partition coefficient (Wildman–Crippen LogP) is 6.35. The third kappa shape index (κ3) is 4.32. The van der Waals surface area contributed by atoms with Gasteiger partial charge in [0, 0.05) is 21.8 Å². The first-order valence-electron chi connectivity index (χ1n) is 10.7. The maximum absolute atomic E-state index is 13.1. The Morgan fingerprint density at radius 1 is 1.18 bits per heavy atom. The van der Waals surface area contributed by atoms with Crippen molar-refractivity contribution >= 4 is 40.1 Å². The van der Waals surface area contributed by atoms with Gasteiger partial charge in [-0.2, -0.15) is 0 Å². The van der Waals surface area contributed by atoms with Gasteiger partial charge in [-0.05, 0) is 50.6 Å². The molecule has 34 heavy (non-hydrogen) atoms. The Balaban J connectivity index is 1.73. The number of esters is 1. The molecule has 0 spiro atoms. The number of aromatic nitrogens is 2. The predicted molar refractivity (Wildman–Crippen MR) is 130 cm³/mol. The Kier molecular flexibility index (Phi) is 6.51. The summed E-state index contributed by atoms with van der Waals surface area (Å²) in [6, 6.07) is 15.2. The smallest absolute Gasteiger partial charge is 0.339 e. The molecule has 2 aromatic heterocycles. The number of carbonyl (C=O) groups excluding carboxylic acids is 2. The number of carbonyl (C=O) groups is 2. The fourth-order valence-corrected chi connectivity index (χ4v) is 4.01. The van der Waals surface area contributed by atoms with Crippen molar-refractivity contribution in [1.82, 2.24) is 9.55 Å². The maximum Gasteiger partial charge on any atom is 0.339 e. The Morgan fingerprint density at radius 2 is 1.88 bits per heavy atom. The highest BCUT2D eigenvalue weighted by Gasteiger charge is 2.26. The van der Waals surface area contributed by atoms with Crippen molar-refractivity contribution < 1.29 is 19.4 Å². The fourth-order valence-electron chi connectivity index (χ4n) is 3.89. The monoisotopic (exact) mass is 478 g/mol. The van der Waals surface area contributed by atoms with Crippen LogP contribution in [0, 0.1) is 6.92 Å². The minimum atomic E-state index is -0.787. The number of amides is 1. The number of benzene rings is 2. The van der Waals surface area contributed by atoms with E-state index >= 15 is 0 Å². The van der Waals surface area contributed by atoms with Crippen molar-refractivity contribution in [3.8, 4) is 17.1 Å². The minimum absolute atomic E-state index is 0.172. The summed E-state index contributed by atoms with van der Waals surface area (Å²) in [4.78, 5) is 28.4. The van der Waals surface area contributed by atoms with Crippen LogP contribution in [0.2, 0.25) is 5.02 Å². The average Bonchev–Trinajstić information content (AvgIpc) is 3.33. The van der Waals surface area contributed by atoms with Gasteiger partial charge < -0.3 is 19.4 Å². The Hall–Kier alpha value is -3.91. The number of aromatic amines is 1. The van der Waals surface area contributed by atoms with Gasteiger partial charge >= 0.3 is 5.97 Å². The first-order valence-corrected chi connectivity index (χ1v) is 11.1. The van der Waals surface area contributed by atoms with Crippen molar-refractivity contribution in [3.05, 3.63) is 70.9 Å². The number of H-pyrrole nitrogens is 1. The highest BCUT2D eigenvalue weighted by Crippen LogP contribution is 2.36. The minimum Gasteiger partial charge on any atom is -0.493 e. The molecule has 0 aliphatic heterocycles. The first-order chi connectivity index (χ1) is 16.3. The summed E-state index contributed by atoms with van der Waals surface area (Å²) in [5, 5.41) is 19.3. The molecule has 0 saturated carbocycles. The van der Waals surface area contributed by atoms with Crippen molar-refractivity contribution in [1.29, 1.82) is 0 Å². The lowest BCUT2D eigenvalue weighted by Crippen LogP contribution is -2.17. The summed E-state index contributed by atoms with van der Waals surface area (Å²) in [5.74, 6) is -1.19. The number of hydrogen-bond donors (Lipinski definition) is 2. The highest BCUT2D eigenvalue weighted by molar-refractivity contribution is 6.30. The lowest BCUT2D eigenvalue weighted by atomic mass is 10.1. The van der Waals surface area contributed by atoms with E-state index in [1.54, 1.807) is 61.7 Å². The molecule has 0 fully saturated rings. The summed E-state index contributed by atoms with van der Waals surface area (Å²) >= 11 is 6.04.